The summed E-state index contributed by atoms with van der Waals surface area (Å²) in [6.45, 7) is 6.65. The number of ether oxygens (including phenoxy) is 1. The molecule has 0 saturated carbocycles. The number of piperazine rings is 1. The van der Waals surface area contributed by atoms with Crippen LogP contribution in [0.2, 0.25) is 0 Å². The van der Waals surface area contributed by atoms with Crippen LogP contribution < -0.4 is 15.0 Å². The van der Waals surface area contributed by atoms with E-state index in [1.54, 1.807) is 13.0 Å². The van der Waals surface area contributed by atoms with Gasteiger partial charge in [-0.3, -0.25) is 9.69 Å². The largest absolute Gasteiger partial charge is 0.477 e. The summed E-state index contributed by atoms with van der Waals surface area (Å²) in [5, 5.41) is 2.93. The average molecular weight is 425 g/mol. The second-order valence-electron chi connectivity index (χ2n) is 8.63. The molecule has 3 heterocycles. The first-order valence-corrected chi connectivity index (χ1v) is 11.2. The first-order valence-electron chi connectivity index (χ1n) is 11.2. The number of para-hydroxylation sites is 1. The topological polar surface area (TPSA) is 60.6 Å². The van der Waals surface area contributed by atoms with Crippen molar-refractivity contribution < 1.29 is 13.9 Å². The molecule has 1 aromatic carbocycles. The van der Waals surface area contributed by atoms with Crippen molar-refractivity contribution in [2.45, 2.75) is 38.7 Å². The third kappa shape index (κ3) is 4.06. The normalized spacial score (nSPS) is 21.1. The molecule has 0 spiro atoms. The Morgan fingerprint density at radius 3 is 2.87 bits per heavy atom. The van der Waals surface area contributed by atoms with E-state index in [1.165, 1.54) is 11.3 Å². The summed E-state index contributed by atoms with van der Waals surface area (Å²) in [6.07, 6.45) is 6.59. The summed E-state index contributed by atoms with van der Waals surface area (Å²) in [7, 11) is 0. The number of aryl methyl sites for hydroxylation is 2. The highest BCUT2D eigenvalue weighted by Crippen LogP contribution is 2.39. The van der Waals surface area contributed by atoms with Crippen molar-refractivity contribution in [1.29, 1.82) is 0 Å². The van der Waals surface area contributed by atoms with Gasteiger partial charge in [-0.2, -0.15) is 0 Å². The SMILES string of the molecule is CC1Oc2c(cccc2N2CCN(CCCc3c[nH]c4c3C=C(F)CC4)CC2)NC1=O. The number of rotatable bonds is 5. The quantitative estimate of drug-likeness (QED) is 0.768. The van der Waals surface area contributed by atoms with Gasteiger partial charge in [0.25, 0.3) is 5.91 Å². The van der Waals surface area contributed by atoms with Gasteiger partial charge >= 0.3 is 0 Å². The number of H-pyrrole nitrogens is 1. The fourth-order valence-electron chi connectivity index (χ4n) is 4.76. The molecule has 5 rings (SSSR count). The van der Waals surface area contributed by atoms with Gasteiger partial charge in [0.05, 0.1) is 11.4 Å². The molecule has 1 saturated heterocycles. The van der Waals surface area contributed by atoms with Crippen LogP contribution in [-0.2, 0) is 17.6 Å². The summed E-state index contributed by atoms with van der Waals surface area (Å²) in [5.41, 5.74) is 5.28. The monoisotopic (exact) mass is 424 g/mol. The van der Waals surface area contributed by atoms with Gasteiger partial charge in [0.2, 0.25) is 0 Å². The van der Waals surface area contributed by atoms with E-state index in [9.17, 15) is 9.18 Å². The van der Waals surface area contributed by atoms with Gasteiger partial charge in [0.1, 0.15) is 5.83 Å². The number of nitrogens with zero attached hydrogens (tertiary/aromatic N) is 2. The highest BCUT2D eigenvalue weighted by Gasteiger charge is 2.28. The molecule has 1 unspecified atom stereocenters. The van der Waals surface area contributed by atoms with E-state index in [-0.39, 0.29) is 11.7 Å². The Labute approximate surface area is 182 Å². The average Bonchev–Trinajstić information content (AvgIpc) is 3.17. The zero-order valence-electron chi connectivity index (χ0n) is 17.9. The van der Waals surface area contributed by atoms with E-state index in [4.69, 9.17) is 4.74 Å². The lowest BCUT2D eigenvalue weighted by Crippen LogP contribution is -2.47. The van der Waals surface area contributed by atoms with Crippen molar-refractivity contribution in [1.82, 2.24) is 9.88 Å². The second-order valence-corrected chi connectivity index (χ2v) is 8.63. The molecule has 1 atom stereocenters. The number of nitrogens with one attached hydrogen (secondary N) is 2. The first-order chi connectivity index (χ1) is 15.1. The van der Waals surface area contributed by atoms with Crippen molar-refractivity contribution in [2.24, 2.45) is 0 Å². The van der Waals surface area contributed by atoms with E-state index in [1.807, 2.05) is 12.1 Å². The van der Waals surface area contributed by atoms with E-state index < -0.39 is 6.10 Å². The number of anilines is 2. The van der Waals surface area contributed by atoms with Gasteiger partial charge in [-0.25, -0.2) is 4.39 Å². The molecule has 2 aliphatic heterocycles. The lowest BCUT2D eigenvalue weighted by molar-refractivity contribution is -0.122. The van der Waals surface area contributed by atoms with Gasteiger partial charge in [-0.1, -0.05) is 6.07 Å². The fraction of sp³-hybridized carbons (Fsp3) is 0.458. The molecule has 0 radical (unpaired) electrons. The Balaban J connectivity index is 1.15. The molecular weight excluding hydrogens is 395 g/mol. The van der Waals surface area contributed by atoms with Crippen LogP contribution in [0.5, 0.6) is 5.75 Å². The van der Waals surface area contributed by atoms with Gasteiger partial charge < -0.3 is 19.9 Å². The van der Waals surface area contributed by atoms with Crippen molar-refractivity contribution >= 4 is 23.4 Å². The standard InChI is InChI=1S/C24H29FN4O2/c1-16-24(30)27-21-5-2-6-22(23(21)31-16)29-12-10-28(11-13-29)9-3-4-17-15-26-20-8-7-18(25)14-19(17)20/h2,5-6,14-16,26H,3-4,7-13H2,1H3,(H,27,30). The predicted molar refractivity (Wildman–Crippen MR) is 120 cm³/mol. The lowest BCUT2D eigenvalue weighted by Gasteiger charge is -2.38. The van der Waals surface area contributed by atoms with Crippen LogP contribution in [0, 0.1) is 0 Å². The maximum absolute atomic E-state index is 13.7. The van der Waals surface area contributed by atoms with Crippen molar-refractivity contribution in [3.63, 3.8) is 0 Å². The zero-order valence-corrected chi connectivity index (χ0v) is 17.9. The molecule has 1 amide bonds. The minimum Gasteiger partial charge on any atom is -0.477 e. The molecule has 1 fully saturated rings. The first kappa shape index (κ1) is 20.1. The molecule has 6 nitrogen and oxygen atoms in total. The molecule has 1 aromatic heterocycles. The number of benzene rings is 1. The highest BCUT2D eigenvalue weighted by atomic mass is 19.1. The van der Waals surface area contributed by atoms with Crippen molar-refractivity contribution in [2.75, 3.05) is 42.9 Å². The Hall–Kier alpha value is -2.80. The predicted octanol–water partition coefficient (Wildman–Crippen LogP) is 3.75. The zero-order chi connectivity index (χ0) is 21.4. The number of amides is 1. The van der Waals surface area contributed by atoms with Gasteiger partial charge in [-0.15, -0.1) is 0 Å². The lowest BCUT2D eigenvalue weighted by atomic mass is 9.98. The number of aromatic amines is 1. The number of allylic oxidation sites excluding steroid dienone is 1. The Bertz CT molecular complexity index is 1010. The molecule has 164 valence electrons. The molecule has 0 bridgehead atoms. The van der Waals surface area contributed by atoms with Crippen LogP contribution in [0.15, 0.2) is 30.2 Å². The highest BCUT2D eigenvalue weighted by molar-refractivity contribution is 5.99. The maximum Gasteiger partial charge on any atom is 0.265 e. The summed E-state index contributed by atoms with van der Waals surface area (Å²) in [6, 6.07) is 5.93. The molecule has 2 aromatic rings. The molecule has 3 aliphatic rings. The minimum atomic E-state index is -0.475. The van der Waals surface area contributed by atoms with Crippen molar-refractivity contribution in [3.05, 3.63) is 47.0 Å². The molecule has 1 aliphatic carbocycles. The van der Waals surface area contributed by atoms with Gasteiger partial charge in [0.15, 0.2) is 11.9 Å². The molecule has 2 N–H and O–H groups in total. The van der Waals surface area contributed by atoms with Crippen LogP contribution in [0.4, 0.5) is 15.8 Å². The van der Waals surface area contributed by atoms with Crippen LogP contribution in [0.1, 0.15) is 36.6 Å². The van der Waals surface area contributed by atoms with Crippen LogP contribution >= 0.6 is 0 Å². The molecular formula is C24H29FN4O2. The van der Waals surface area contributed by atoms with Crippen molar-refractivity contribution in [3.8, 4) is 5.75 Å². The van der Waals surface area contributed by atoms with E-state index in [2.05, 4.69) is 32.4 Å². The van der Waals surface area contributed by atoms with Crippen LogP contribution in [-0.4, -0.2) is 54.6 Å². The van der Waals surface area contributed by atoms with Crippen LogP contribution in [0.25, 0.3) is 6.08 Å². The fourth-order valence-corrected chi connectivity index (χ4v) is 4.76. The summed E-state index contributed by atoms with van der Waals surface area (Å²) in [5.74, 6) is 0.669. The number of hydrogen-bond donors (Lipinski definition) is 2. The summed E-state index contributed by atoms with van der Waals surface area (Å²) in [4.78, 5) is 20.0. The summed E-state index contributed by atoms with van der Waals surface area (Å²) >= 11 is 0. The number of hydrogen-bond acceptors (Lipinski definition) is 4. The Morgan fingerprint density at radius 2 is 2.03 bits per heavy atom. The molecule has 31 heavy (non-hydrogen) atoms. The number of carbonyl (C=O) groups is 1. The number of fused-ring (bicyclic) bond motifs is 2. The minimum absolute atomic E-state index is 0.00879. The summed E-state index contributed by atoms with van der Waals surface area (Å²) < 4.78 is 19.6. The van der Waals surface area contributed by atoms with E-state index in [0.29, 0.717) is 6.42 Å². The number of aromatic nitrogens is 1. The third-order valence-corrected chi connectivity index (χ3v) is 6.56. The van der Waals surface area contributed by atoms with Gasteiger partial charge in [0, 0.05) is 50.1 Å². The second kappa shape index (κ2) is 8.38. The third-order valence-electron chi connectivity index (χ3n) is 6.56. The number of carbonyl (C=O) groups excluding carboxylic acids is 1. The van der Waals surface area contributed by atoms with E-state index >= 15 is 0 Å². The smallest absolute Gasteiger partial charge is 0.265 e. The van der Waals surface area contributed by atoms with Gasteiger partial charge in [-0.05, 0) is 56.5 Å². The molecule has 7 heteroatoms. The van der Waals surface area contributed by atoms with E-state index in [0.717, 1.165) is 74.7 Å². The maximum atomic E-state index is 13.7. The number of halogens is 1. The Kier molecular flexibility index (Phi) is 5.44. The van der Waals surface area contributed by atoms with Crippen LogP contribution in [0.3, 0.4) is 0 Å². The Morgan fingerprint density at radius 1 is 1.19 bits per heavy atom.